The number of nitrogens with zero attached hydrogens (tertiary/aromatic N) is 2. The molecule has 0 unspecified atom stereocenters. The number of aliphatic hydroxyl groups is 1. The lowest BCUT2D eigenvalue weighted by molar-refractivity contribution is -0.393. The van der Waals surface area contributed by atoms with Gasteiger partial charge < -0.3 is 24.6 Å². The molecule has 2 aliphatic rings. The summed E-state index contributed by atoms with van der Waals surface area (Å²) in [5.74, 6) is 0. The largest absolute Gasteiger partial charge is 0.388 e. The Balaban J connectivity index is 1.42. The fourth-order valence-electron chi connectivity index (χ4n) is 4.94. The number of rotatable bonds is 8. The molecule has 0 bridgehead atoms. The van der Waals surface area contributed by atoms with E-state index in [2.05, 4.69) is 5.32 Å². The van der Waals surface area contributed by atoms with E-state index in [1.807, 2.05) is 60.7 Å². The second-order valence-electron chi connectivity index (χ2n) is 9.29. The minimum absolute atomic E-state index is 0.00423. The average Bonchev–Trinajstić information content (AvgIpc) is 2.94. The Bertz CT molecular complexity index is 1280. The zero-order valence-electron chi connectivity index (χ0n) is 20.3. The van der Waals surface area contributed by atoms with E-state index in [0.29, 0.717) is 12.8 Å². The average molecular weight is 522 g/mol. The van der Waals surface area contributed by atoms with Crippen molar-refractivity contribution in [1.29, 1.82) is 0 Å². The Labute approximate surface area is 218 Å². The number of nitrogens with one attached hydrogen (secondary N) is 1. The van der Waals surface area contributed by atoms with Gasteiger partial charge in [0.1, 0.15) is 23.9 Å². The zero-order valence-corrected chi connectivity index (χ0v) is 20.3. The van der Waals surface area contributed by atoms with Gasteiger partial charge in [-0.25, -0.2) is 0 Å². The molecule has 2 aliphatic heterocycles. The van der Waals surface area contributed by atoms with E-state index in [0.717, 1.165) is 23.3 Å². The standard InChI is InChI=1S/C27H27N3O8/c31-25-24(28-20-12-11-19(29(32)33)15-21(20)30(34)35)27(36-16-17-7-3-1-4-8-17)38-23-14-13-22(37-26(23)25)18-9-5-2-6-10-18/h1-12,15,22-28,31H,13-14,16H2/t22-,23+,24+,25+,26-,27-/m1/s1. The highest BCUT2D eigenvalue weighted by Gasteiger charge is 2.49. The molecular formula is C27H27N3O8. The van der Waals surface area contributed by atoms with Crippen LogP contribution < -0.4 is 5.32 Å². The van der Waals surface area contributed by atoms with Crippen LogP contribution in [0.2, 0.25) is 0 Å². The molecule has 198 valence electrons. The van der Waals surface area contributed by atoms with E-state index in [4.69, 9.17) is 14.2 Å². The van der Waals surface area contributed by atoms with Crippen molar-refractivity contribution in [2.75, 3.05) is 5.32 Å². The third kappa shape index (κ3) is 5.50. The van der Waals surface area contributed by atoms with Crippen LogP contribution in [0.5, 0.6) is 0 Å². The maximum Gasteiger partial charge on any atom is 0.299 e. The molecule has 11 heteroatoms. The third-order valence-corrected chi connectivity index (χ3v) is 6.85. The first-order valence-corrected chi connectivity index (χ1v) is 12.3. The summed E-state index contributed by atoms with van der Waals surface area (Å²) in [5.41, 5.74) is 0.950. The van der Waals surface area contributed by atoms with Gasteiger partial charge in [-0.2, -0.15) is 0 Å². The first kappa shape index (κ1) is 25.7. The normalized spacial score (nSPS) is 26.8. The highest BCUT2D eigenvalue weighted by atomic mass is 16.7. The summed E-state index contributed by atoms with van der Waals surface area (Å²) in [6.07, 6.45) is -2.23. The summed E-state index contributed by atoms with van der Waals surface area (Å²) in [6.45, 7) is 0.184. The number of nitro benzene ring substituents is 2. The molecular weight excluding hydrogens is 494 g/mol. The molecule has 0 aromatic heterocycles. The predicted molar refractivity (Wildman–Crippen MR) is 136 cm³/mol. The molecule has 0 radical (unpaired) electrons. The second-order valence-corrected chi connectivity index (χ2v) is 9.29. The number of fused-ring (bicyclic) bond motifs is 1. The molecule has 38 heavy (non-hydrogen) atoms. The molecule has 11 nitrogen and oxygen atoms in total. The molecule has 6 atom stereocenters. The van der Waals surface area contributed by atoms with Gasteiger partial charge in [-0.1, -0.05) is 60.7 Å². The van der Waals surface area contributed by atoms with E-state index in [1.54, 1.807) is 0 Å². The second kappa shape index (κ2) is 11.2. The van der Waals surface area contributed by atoms with E-state index in [-0.39, 0.29) is 18.4 Å². The molecule has 2 saturated heterocycles. The van der Waals surface area contributed by atoms with Crippen LogP contribution in [0.25, 0.3) is 0 Å². The third-order valence-electron chi connectivity index (χ3n) is 6.85. The quantitative estimate of drug-likeness (QED) is 0.323. The summed E-state index contributed by atoms with van der Waals surface area (Å²) >= 11 is 0. The van der Waals surface area contributed by atoms with Crippen molar-refractivity contribution in [1.82, 2.24) is 0 Å². The van der Waals surface area contributed by atoms with Crippen molar-refractivity contribution in [2.24, 2.45) is 0 Å². The maximum absolute atomic E-state index is 11.7. The maximum atomic E-state index is 11.7. The monoisotopic (exact) mass is 521 g/mol. The Morgan fingerprint density at radius 1 is 0.921 bits per heavy atom. The first-order chi connectivity index (χ1) is 18.4. The Morgan fingerprint density at radius 2 is 1.63 bits per heavy atom. The number of nitro groups is 2. The van der Waals surface area contributed by atoms with Crippen molar-refractivity contribution >= 4 is 17.1 Å². The number of hydrogen-bond donors (Lipinski definition) is 2. The van der Waals surface area contributed by atoms with Crippen molar-refractivity contribution in [3.63, 3.8) is 0 Å². The molecule has 0 spiro atoms. The van der Waals surface area contributed by atoms with Gasteiger partial charge >= 0.3 is 0 Å². The van der Waals surface area contributed by atoms with Crippen LogP contribution >= 0.6 is 0 Å². The molecule has 5 rings (SSSR count). The Kier molecular flexibility index (Phi) is 7.61. The fourth-order valence-corrected chi connectivity index (χ4v) is 4.94. The van der Waals surface area contributed by atoms with Crippen LogP contribution in [0.15, 0.2) is 78.9 Å². The molecule has 2 fully saturated rings. The Hall–Kier alpha value is -3.90. The minimum Gasteiger partial charge on any atom is -0.388 e. The van der Waals surface area contributed by atoms with Gasteiger partial charge in [-0.3, -0.25) is 20.2 Å². The molecule has 3 aromatic rings. The van der Waals surface area contributed by atoms with Gasteiger partial charge in [0.15, 0.2) is 6.29 Å². The van der Waals surface area contributed by atoms with Crippen LogP contribution in [-0.4, -0.2) is 45.6 Å². The molecule has 2 N–H and O–H groups in total. The molecule has 3 aromatic carbocycles. The van der Waals surface area contributed by atoms with Crippen LogP contribution in [0.4, 0.5) is 17.1 Å². The first-order valence-electron chi connectivity index (χ1n) is 12.3. The van der Waals surface area contributed by atoms with E-state index in [9.17, 15) is 25.3 Å². The molecule has 2 heterocycles. The zero-order chi connectivity index (χ0) is 26.6. The van der Waals surface area contributed by atoms with Crippen LogP contribution in [-0.2, 0) is 20.8 Å². The lowest BCUT2D eigenvalue weighted by Crippen LogP contribution is -2.62. The summed E-state index contributed by atoms with van der Waals surface area (Å²) in [6, 6.07) is 21.4. The number of non-ortho nitro benzene ring substituents is 1. The van der Waals surface area contributed by atoms with Gasteiger partial charge in [0.25, 0.3) is 11.4 Å². The lowest BCUT2D eigenvalue weighted by atomic mass is 9.88. The van der Waals surface area contributed by atoms with Gasteiger partial charge in [0.05, 0.1) is 34.7 Å². The summed E-state index contributed by atoms with van der Waals surface area (Å²) in [7, 11) is 0. The van der Waals surface area contributed by atoms with Crippen molar-refractivity contribution < 1.29 is 29.2 Å². The number of ether oxygens (including phenoxy) is 3. The molecule has 0 amide bonds. The smallest absolute Gasteiger partial charge is 0.299 e. The topological polar surface area (TPSA) is 146 Å². The number of benzene rings is 3. The van der Waals surface area contributed by atoms with Gasteiger partial charge in [0.2, 0.25) is 0 Å². The predicted octanol–water partition coefficient (Wildman–Crippen LogP) is 4.51. The SMILES string of the molecule is O=[N+]([O-])c1ccc(N[C@@H]2[C@H](OCc3ccccc3)O[C@H]3CC[C@H](c4ccccc4)O[C@H]3[C@H]2O)c([N+](=O)[O-])c1. The van der Waals surface area contributed by atoms with Crippen molar-refractivity contribution in [3.05, 3.63) is 110 Å². The number of hydrogen-bond acceptors (Lipinski definition) is 9. The summed E-state index contributed by atoms with van der Waals surface area (Å²) in [5, 5.41) is 37.4. The van der Waals surface area contributed by atoms with E-state index in [1.165, 1.54) is 6.07 Å². The van der Waals surface area contributed by atoms with Gasteiger partial charge in [-0.05, 0) is 30.0 Å². The molecule has 0 aliphatic carbocycles. The number of anilines is 1. The van der Waals surface area contributed by atoms with Crippen molar-refractivity contribution in [2.45, 2.75) is 56.2 Å². The van der Waals surface area contributed by atoms with Gasteiger partial charge in [-0.15, -0.1) is 0 Å². The summed E-state index contributed by atoms with van der Waals surface area (Å²) < 4.78 is 18.6. The van der Waals surface area contributed by atoms with Crippen molar-refractivity contribution in [3.8, 4) is 0 Å². The minimum atomic E-state index is -1.16. The lowest BCUT2D eigenvalue weighted by Gasteiger charge is -2.48. The Morgan fingerprint density at radius 3 is 2.32 bits per heavy atom. The van der Waals surface area contributed by atoms with Gasteiger partial charge in [0, 0.05) is 6.07 Å². The van der Waals surface area contributed by atoms with Crippen LogP contribution in [0, 0.1) is 20.2 Å². The van der Waals surface area contributed by atoms with Crippen LogP contribution in [0.1, 0.15) is 30.1 Å². The summed E-state index contributed by atoms with van der Waals surface area (Å²) in [4.78, 5) is 21.5. The van der Waals surface area contributed by atoms with E-state index < -0.39 is 51.9 Å². The van der Waals surface area contributed by atoms with E-state index >= 15 is 0 Å². The highest BCUT2D eigenvalue weighted by molar-refractivity contribution is 5.66. The molecule has 0 saturated carbocycles. The fraction of sp³-hybridized carbons (Fsp3) is 0.333. The van der Waals surface area contributed by atoms with Crippen LogP contribution in [0.3, 0.4) is 0 Å². The highest BCUT2D eigenvalue weighted by Crippen LogP contribution is 2.40. The number of aliphatic hydroxyl groups excluding tert-OH is 1.